The molecule has 0 aliphatic rings. The van der Waals surface area contributed by atoms with E-state index < -0.39 is 23.5 Å². The van der Waals surface area contributed by atoms with Gasteiger partial charge in [-0.05, 0) is 30.3 Å². The van der Waals surface area contributed by atoms with E-state index in [2.05, 4.69) is 0 Å². The Kier molecular flexibility index (Phi) is 2.99. The lowest BCUT2D eigenvalue weighted by Gasteiger charge is -2.10. The van der Waals surface area contributed by atoms with Crippen LogP contribution < -0.4 is 5.73 Å². The molecule has 0 aliphatic heterocycles. The molecule has 3 aromatic rings. The highest BCUT2D eigenvalue weighted by Crippen LogP contribution is 2.29. The maximum absolute atomic E-state index is 13.7. The summed E-state index contributed by atoms with van der Waals surface area (Å²) in [7, 11) is 0. The number of rotatable bonds is 2. The van der Waals surface area contributed by atoms with Gasteiger partial charge >= 0.3 is 0 Å². The number of nitrogens with two attached hydrogens (primary N) is 1. The summed E-state index contributed by atoms with van der Waals surface area (Å²) in [4.78, 5) is 0. The summed E-state index contributed by atoms with van der Waals surface area (Å²) >= 11 is 0. The summed E-state index contributed by atoms with van der Waals surface area (Å²) in [6, 6.07) is 7.96. The van der Waals surface area contributed by atoms with E-state index in [1.165, 1.54) is 18.2 Å². The number of hydrogen-bond acceptors (Lipinski definition) is 2. The van der Waals surface area contributed by atoms with Crippen LogP contribution in [0, 0.1) is 17.5 Å². The normalized spacial score (nSPS) is 12.8. The molecule has 1 unspecified atom stereocenters. The van der Waals surface area contributed by atoms with Gasteiger partial charge in [-0.25, -0.2) is 13.2 Å². The van der Waals surface area contributed by atoms with E-state index >= 15 is 0 Å². The second-order valence-corrected chi connectivity index (χ2v) is 4.45. The van der Waals surface area contributed by atoms with Gasteiger partial charge in [0.1, 0.15) is 17.4 Å². The van der Waals surface area contributed by atoms with E-state index in [1.54, 1.807) is 6.07 Å². The van der Waals surface area contributed by atoms with Crippen LogP contribution in [0.25, 0.3) is 11.0 Å². The van der Waals surface area contributed by atoms with Crippen molar-refractivity contribution in [1.82, 2.24) is 0 Å². The monoisotopic (exact) mass is 277 g/mol. The predicted molar refractivity (Wildman–Crippen MR) is 68.6 cm³/mol. The van der Waals surface area contributed by atoms with Crippen LogP contribution in [0.15, 0.2) is 46.9 Å². The number of halogens is 3. The van der Waals surface area contributed by atoms with Crippen LogP contribution in [0.4, 0.5) is 13.2 Å². The molecule has 102 valence electrons. The third kappa shape index (κ3) is 2.06. The summed E-state index contributed by atoms with van der Waals surface area (Å²) in [6.07, 6.45) is 0. The van der Waals surface area contributed by atoms with Crippen molar-refractivity contribution < 1.29 is 17.6 Å². The smallest absolute Gasteiger partial charge is 0.169 e. The van der Waals surface area contributed by atoms with Crippen LogP contribution in [-0.4, -0.2) is 0 Å². The van der Waals surface area contributed by atoms with Crippen molar-refractivity contribution in [3.05, 3.63) is 71.2 Å². The molecule has 0 aliphatic carbocycles. The van der Waals surface area contributed by atoms with Crippen LogP contribution in [0.3, 0.4) is 0 Å². The molecular formula is C15H10F3NO. The minimum Gasteiger partial charge on any atom is -0.456 e. The standard InChI is InChI=1S/C15H10F3NO/c16-9-4-5-11(17)10(7-9)14(19)13-6-8-2-1-3-12(18)15(8)20-13/h1-7,14H,19H2. The molecule has 0 radical (unpaired) electrons. The number of furan rings is 1. The van der Waals surface area contributed by atoms with Crippen molar-refractivity contribution in [2.75, 3.05) is 0 Å². The van der Waals surface area contributed by atoms with Gasteiger partial charge in [0.05, 0.1) is 6.04 Å². The first-order chi connectivity index (χ1) is 9.56. The summed E-state index contributed by atoms with van der Waals surface area (Å²) in [5, 5.41) is 0.521. The zero-order valence-corrected chi connectivity index (χ0v) is 10.2. The van der Waals surface area contributed by atoms with E-state index in [0.29, 0.717) is 5.39 Å². The molecule has 0 amide bonds. The quantitative estimate of drug-likeness (QED) is 0.771. The first-order valence-electron chi connectivity index (χ1n) is 5.95. The molecule has 0 fully saturated rings. The number of hydrogen-bond donors (Lipinski definition) is 1. The van der Waals surface area contributed by atoms with Crippen molar-refractivity contribution in [1.29, 1.82) is 0 Å². The lowest BCUT2D eigenvalue weighted by molar-refractivity contribution is 0.490. The molecule has 2 N–H and O–H groups in total. The largest absolute Gasteiger partial charge is 0.456 e. The molecule has 20 heavy (non-hydrogen) atoms. The first kappa shape index (κ1) is 12.7. The van der Waals surface area contributed by atoms with E-state index in [4.69, 9.17) is 10.2 Å². The van der Waals surface area contributed by atoms with Crippen molar-refractivity contribution in [3.63, 3.8) is 0 Å². The fourth-order valence-electron chi connectivity index (χ4n) is 2.11. The van der Waals surface area contributed by atoms with Crippen LogP contribution in [-0.2, 0) is 0 Å². The fraction of sp³-hybridized carbons (Fsp3) is 0.0667. The van der Waals surface area contributed by atoms with E-state index in [1.807, 2.05) is 0 Å². The van der Waals surface area contributed by atoms with E-state index in [9.17, 15) is 13.2 Å². The van der Waals surface area contributed by atoms with Crippen molar-refractivity contribution >= 4 is 11.0 Å². The molecule has 0 spiro atoms. The van der Waals surface area contributed by atoms with Gasteiger partial charge in [0.25, 0.3) is 0 Å². The molecule has 2 nitrogen and oxygen atoms in total. The van der Waals surface area contributed by atoms with Gasteiger partial charge in [-0.3, -0.25) is 0 Å². The zero-order chi connectivity index (χ0) is 14.3. The maximum Gasteiger partial charge on any atom is 0.169 e. The van der Waals surface area contributed by atoms with Gasteiger partial charge < -0.3 is 10.2 Å². The maximum atomic E-state index is 13.7. The topological polar surface area (TPSA) is 39.2 Å². The minimum absolute atomic E-state index is 0.0375. The highest BCUT2D eigenvalue weighted by Gasteiger charge is 2.19. The molecular weight excluding hydrogens is 267 g/mol. The summed E-state index contributed by atoms with van der Waals surface area (Å²) in [5.74, 6) is -1.59. The predicted octanol–water partition coefficient (Wildman–Crippen LogP) is 3.90. The second kappa shape index (κ2) is 4.68. The summed E-state index contributed by atoms with van der Waals surface area (Å²) < 4.78 is 45.7. The Labute approximate surface area is 112 Å². The van der Waals surface area contributed by atoms with Gasteiger partial charge in [-0.15, -0.1) is 0 Å². The Hall–Kier alpha value is -2.27. The number of fused-ring (bicyclic) bond motifs is 1. The second-order valence-electron chi connectivity index (χ2n) is 4.45. The SMILES string of the molecule is NC(c1cc2cccc(F)c2o1)c1cc(F)ccc1F. The highest BCUT2D eigenvalue weighted by atomic mass is 19.1. The fourth-order valence-corrected chi connectivity index (χ4v) is 2.11. The van der Waals surface area contributed by atoms with Crippen LogP contribution in [0.5, 0.6) is 0 Å². The highest BCUT2D eigenvalue weighted by molar-refractivity contribution is 5.78. The molecule has 0 saturated carbocycles. The van der Waals surface area contributed by atoms with Gasteiger partial charge in [-0.1, -0.05) is 12.1 Å². The molecule has 1 aromatic heterocycles. The molecule has 1 atom stereocenters. The lowest BCUT2D eigenvalue weighted by atomic mass is 10.0. The molecule has 2 aromatic carbocycles. The summed E-state index contributed by atoms with van der Waals surface area (Å²) in [6.45, 7) is 0. The lowest BCUT2D eigenvalue weighted by Crippen LogP contribution is -2.13. The third-order valence-electron chi connectivity index (χ3n) is 3.11. The molecule has 0 bridgehead atoms. The minimum atomic E-state index is -1.00. The van der Waals surface area contributed by atoms with E-state index in [-0.39, 0.29) is 16.9 Å². The van der Waals surface area contributed by atoms with Gasteiger partial charge in [0, 0.05) is 10.9 Å². The van der Waals surface area contributed by atoms with Crippen LogP contribution in [0.1, 0.15) is 17.4 Å². The molecule has 0 saturated heterocycles. The Balaban J connectivity index is 2.10. The first-order valence-corrected chi connectivity index (χ1v) is 5.95. The molecule has 1 heterocycles. The Morgan fingerprint density at radius 2 is 1.75 bits per heavy atom. The molecule has 5 heteroatoms. The van der Waals surface area contributed by atoms with Crippen LogP contribution >= 0.6 is 0 Å². The number of benzene rings is 2. The van der Waals surface area contributed by atoms with Gasteiger partial charge in [0.15, 0.2) is 11.4 Å². The Morgan fingerprint density at radius 3 is 2.50 bits per heavy atom. The number of para-hydroxylation sites is 1. The van der Waals surface area contributed by atoms with Crippen molar-refractivity contribution in [2.45, 2.75) is 6.04 Å². The van der Waals surface area contributed by atoms with E-state index in [0.717, 1.165) is 18.2 Å². The average molecular weight is 277 g/mol. The van der Waals surface area contributed by atoms with Crippen LogP contribution in [0.2, 0.25) is 0 Å². The molecule has 3 rings (SSSR count). The Bertz CT molecular complexity index is 782. The van der Waals surface area contributed by atoms with Gasteiger partial charge in [-0.2, -0.15) is 0 Å². The zero-order valence-electron chi connectivity index (χ0n) is 10.2. The third-order valence-corrected chi connectivity index (χ3v) is 3.11. The van der Waals surface area contributed by atoms with Crippen molar-refractivity contribution in [3.8, 4) is 0 Å². The van der Waals surface area contributed by atoms with Crippen molar-refractivity contribution in [2.24, 2.45) is 5.73 Å². The summed E-state index contributed by atoms with van der Waals surface area (Å²) in [5.41, 5.74) is 5.89. The Morgan fingerprint density at radius 1 is 0.950 bits per heavy atom. The van der Waals surface area contributed by atoms with Gasteiger partial charge in [0.2, 0.25) is 0 Å². The average Bonchev–Trinajstić information content (AvgIpc) is 2.86.